The molecule has 0 unspecified atom stereocenters. The lowest BCUT2D eigenvalue weighted by atomic mass is 9.80. The van der Waals surface area contributed by atoms with Gasteiger partial charge < -0.3 is 10.6 Å². The highest BCUT2D eigenvalue weighted by molar-refractivity contribution is 9.10. The number of carbonyl (C=O) groups is 2. The van der Waals surface area contributed by atoms with Crippen LogP contribution in [0, 0.1) is 12.8 Å². The summed E-state index contributed by atoms with van der Waals surface area (Å²) >= 11 is 3.29. The zero-order chi connectivity index (χ0) is 15.8. The highest BCUT2D eigenvalue weighted by atomic mass is 79.9. The number of halogens is 3. The van der Waals surface area contributed by atoms with Crippen LogP contribution in [0.2, 0.25) is 0 Å². The third-order valence-corrected chi connectivity index (χ3v) is 4.04. The summed E-state index contributed by atoms with van der Waals surface area (Å²) in [4.78, 5) is 23.9. The Labute approximate surface area is 129 Å². The highest BCUT2D eigenvalue weighted by Gasteiger charge is 2.48. The van der Waals surface area contributed by atoms with Gasteiger partial charge in [0, 0.05) is 30.3 Å². The van der Waals surface area contributed by atoms with E-state index in [0.29, 0.717) is 15.7 Å². The van der Waals surface area contributed by atoms with Crippen molar-refractivity contribution in [2.45, 2.75) is 25.7 Å². The number of anilines is 1. The molecule has 1 aliphatic rings. The minimum atomic E-state index is -2.75. The molecule has 1 aromatic carbocycles. The third-order valence-electron chi connectivity index (χ3n) is 3.42. The first-order chi connectivity index (χ1) is 9.73. The molecule has 0 bridgehead atoms. The van der Waals surface area contributed by atoms with E-state index >= 15 is 0 Å². The van der Waals surface area contributed by atoms with E-state index < -0.39 is 30.6 Å². The second kappa shape index (κ2) is 5.71. The van der Waals surface area contributed by atoms with E-state index in [1.165, 1.54) is 7.05 Å². The Morgan fingerprint density at radius 2 is 1.95 bits per heavy atom. The normalized spacial score (nSPS) is 17.0. The van der Waals surface area contributed by atoms with Crippen LogP contribution in [0.3, 0.4) is 0 Å². The van der Waals surface area contributed by atoms with Crippen molar-refractivity contribution in [2.75, 3.05) is 12.4 Å². The second-order valence-electron chi connectivity index (χ2n) is 5.20. The number of nitrogens with one attached hydrogen (secondary N) is 2. The Morgan fingerprint density at radius 3 is 2.48 bits per heavy atom. The maximum absolute atomic E-state index is 12.8. The van der Waals surface area contributed by atoms with Crippen molar-refractivity contribution >= 4 is 33.4 Å². The first-order valence-corrected chi connectivity index (χ1v) is 7.24. The third kappa shape index (κ3) is 3.40. The molecule has 0 aromatic heterocycles. The zero-order valence-electron chi connectivity index (χ0n) is 11.6. The monoisotopic (exact) mass is 360 g/mol. The van der Waals surface area contributed by atoms with Crippen LogP contribution in [0.15, 0.2) is 16.6 Å². The van der Waals surface area contributed by atoms with Crippen molar-refractivity contribution in [3.05, 3.63) is 27.7 Å². The van der Waals surface area contributed by atoms with Crippen LogP contribution >= 0.6 is 15.9 Å². The molecule has 7 heteroatoms. The van der Waals surface area contributed by atoms with Crippen molar-refractivity contribution in [1.82, 2.24) is 5.32 Å². The van der Waals surface area contributed by atoms with Crippen molar-refractivity contribution < 1.29 is 18.4 Å². The van der Waals surface area contributed by atoms with Gasteiger partial charge >= 0.3 is 0 Å². The molecule has 1 aromatic rings. The van der Waals surface area contributed by atoms with Crippen LogP contribution < -0.4 is 10.6 Å². The molecule has 0 aliphatic heterocycles. The molecule has 21 heavy (non-hydrogen) atoms. The summed E-state index contributed by atoms with van der Waals surface area (Å²) in [6, 6.07) is 3.38. The van der Waals surface area contributed by atoms with Gasteiger partial charge in [-0.1, -0.05) is 0 Å². The molecule has 0 saturated heterocycles. The molecule has 2 rings (SSSR count). The van der Waals surface area contributed by atoms with Crippen molar-refractivity contribution in [3.8, 4) is 0 Å². The first-order valence-electron chi connectivity index (χ1n) is 6.44. The molecule has 0 spiro atoms. The largest absolute Gasteiger partial charge is 0.355 e. The van der Waals surface area contributed by atoms with E-state index in [4.69, 9.17) is 0 Å². The standard InChI is InChI=1S/C14H15BrF2N2O2/c1-7-3-9(13(21)18-2)11(10(15)4-7)19-12(20)8-5-14(16,17)6-8/h3-4,8H,5-6H2,1-2H3,(H,18,21)(H,19,20). The Bertz CT molecular complexity index is 597. The van der Waals surface area contributed by atoms with Gasteiger partial charge in [-0.2, -0.15) is 0 Å². The van der Waals surface area contributed by atoms with Crippen molar-refractivity contribution in [3.63, 3.8) is 0 Å². The molecular weight excluding hydrogens is 346 g/mol. The van der Waals surface area contributed by atoms with Crippen molar-refractivity contribution in [2.24, 2.45) is 5.92 Å². The quantitative estimate of drug-likeness (QED) is 0.869. The molecule has 114 valence electrons. The van der Waals surface area contributed by atoms with E-state index in [-0.39, 0.29) is 5.91 Å². The molecular formula is C14H15BrF2N2O2. The summed E-state index contributed by atoms with van der Waals surface area (Å²) < 4.78 is 26.2. The molecule has 2 N–H and O–H groups in total. The van der Waals surface area contributed by atoms with Gasteiger partial charge in [0.1, 0.15) is 0 Å². The van der Waals surface area contributed by atoms with Crippen molar-refractivity contribution in [1.29, 1.82) is 0 Å². The summed E-state index contributed by atoms with van der Waals surface area (Å²) in [5.74, 6) is -4.31. The SMILES string of the molecule is CNC(=O)c1cc(C)cc(Br)c1NC(=O)C1CC(F)(F)C1. The molecule has 4 nitrogen and oxygen atoms in total. The van der Waals surface area contributed by atoms with E-state index in [9.17, 15) is 18.4 Å². The Morgan fingerprint density at radius 1 is 1.33 bits per heavy atom. The average molecular weight is 361 g/mol. The molecule has 2 amide bonds. The maximum atomic E-state index is 12.8. The molecule has 1 saturated carbocycles. The summed E-state index contributed by atoms with van der Waals surface area (Å²) in [5.41, 5.74) is 1.44. The predicted octanol–water partition coefficient (Wildman–Crippen LogP) is 3.10. The number of rotatable bonds is 3. The Kier molecular flexibility index (Phi) is 4.32. The van der Waals surface area contributed by atoms with E-state index in [2.05, 4.69) is 26.6 Å². The number of hydrogen-bond acceptors (Lipinski definition) is 2. The van der Waals surface area contributed by atoms with Gasteiger partial charge in [0.2, 0.25) is 11.8 Å². The minimum absolute atomic E-state index is 0.295. The van der Waals surface area contributed by atoms with Crippen LogP contribution in [0.25, 0.3) is 0 Å². The van der Waals surface area contributed by atoms with Crippen LogP contribution in [0.1, 0.15) is 28.8 Å². The van der Waals surface area contributed by atoms with E-state index in [1.807, 2.05) is 6.92 Å². The minimum Gasteiger partial charge on any atom is -0.355 e. The van der Waals surface area contributed by atoms with Gasteiger partial charge in [-0.15, -0.1) is 0 Å². The van der Waals surface area contributed by atoms with Gasteiger partial charge in [0.25, 0.3) is 5.91 Å². The fourth-order valence-electron chi connectivity index (χ4n) is 2.25. The molecule has 0 radical (unpaired) electrons. The first kappa shape index (κ1) is 15.9. The Hall–Kier alpha value is -1.50. The number of carbonyl (C=O) groups excluding carboxylic acids is 2. The topological polar surface area (TPSA) is 58.2 Å². The lowest BCUT2D eigenvalue weighted by molar-refractivity contribution is -0.145. The molecule has 1 aliphatic carbocycles. The predicted molar refractivity (Wildman–Crippen MR) is 78.6 cm³/mol. The number of amides is 2. The van der Waals surface area contributed by atoms with Crippen LogP contribution in [0.4, 0.5) is 14.5 Å². The van der Waals surface area contributed by atoms with Gasteiger partial charge in [0.05, 0.1) is 11.3 Å². The summed E-state index contributed by atoms with van der Waals surface area (Å²) in [7, 11) is 1.48. The zero-order valence-corrected chi connectivity index (χ0v) is 13.2. The van der Waals surface area contributed by atoms with Crippen LogP contribution in [-0.4, -0.2) is 24.8 Å². The smallest absolute Gasteiger partial charge is 0.253 e. The lowest BCUT2D eigenvalue weighted by Crippen LogP contribution is -2.42. The van der Waals surface area contributed by atoms with Gasteiger partial charge in [-0.3, -0.25) is 9.59 Å². The molecule has 0 atom stereocenters. The highest BCUT2D eigenvalue weighted by Crippen LogP contribution is 2.43. The number of hydrogen-bond donors (Lipinski definition) is 2. The number of benzene rings is 1. The lowest BCUT2D eigenvalue weighted by Gasteiger charge is -2.33. The summed E-state index contributed by atoms with van der Waals surface area (Å²) in [6.07, 6.45) is -0.894. The maximum Gasteiger partial charge on any atom is 0.253 e. The van der Waals surface area contributed by atoms with Gasteiger partial charge in [-0.05, 0) is 40.5 Å². The van der Waals surface area contributed by atoms with E-state index in [0.717, 1.165) is 5.56 Å². The summed E-state index contributed by atoms with van der Waals surface area (Å²) in [6.45, 7) is 1.81. The van der Waals surface area contributed by atoms with Gasteiger partial charge in [0.15, 0.2) is 0 Å². The molecule has 1 fully saturated rings. The second-order valence-corrected chi connectivity index (χ2v) is 6.05. The fourth-order valence-corrected chi connectivity index (χ4v) is 2.93. The van der Waals surface area contributed by atoms with Gasteiger partial charge in [-0.25, -0.2) is 8.78 Å². The Balaban J connectivity index is 2.23. The van der Waals surface area contributed by atoms with E-state index in [1.54, 1.807) is 12.1 Å². The molecule has 0 heterocycles. The fraction of sp³-hybridized carbons (Fsp3) is 0.429. The van der Waals surface area contributed by atoms with Crippen LogP contribution in [0.5, 0.6) is 0 Å². The number of aryl methyl sites for hydroxylation is 1. The average Bonchev–Trinajstić information content (AvgIpc) is 2.37. The summed E-state index contributed by atoms with van der Waals surface area (Å²) in [5, 5.41) is 5.07. The number of alkyl halides is 2. The van der Waals surface area contributed by atoms with Crippen LogP contribution in [-0.2, 0) is 4.79 Å².